The van der Waals surface area contributed by atoms with Gasteiger partial charge in [-0.1, -0.05) is 11.6 Å². The number of hydrogen-bond acceptors (Lipinski definition) is 5. The minimum absolute atomic E-state index is 0.298. The van der Waals surface area contributed by atoms with Gasteiger partial charge in [-0.05, 0) is 37.6 Å². The van der Waals surface area contributed by atoms with Crippen LogP contribution < -0.4 is 15.8 Å². The molecular weight excluding hydrogens is 346 g/mol. The monoisotopic (exact) mass is 361 g/mol. The molecule has 0 aliphatic carbocycles. The minimum atomic E-state index is -0.298. The number of benzene rings is 1. The Kier molecular flexibility index (Phi) is 4.34. The molecule has 0 fully saturated rings. The van der Waals surface area contributed by atoms with E-state index >= 15 is 0 Å². The van der Waals surface area contributed by atoms with Crippen LogP contribution in [0.1, 0.15) is 20.9 Å². The molecule has 0 atom stereocenters. The zero-order valence-corrected chi connectivity index (χ0v) is 15.0. The number of thiophene rings is 1. The van der Waals surface area contributed by atoms with Gasteiger partial charge in [0.2, 0.25) is 0 Å². The van der Waals surface area contributed by atoms with E-state index in [1.54, 1.807) is 18.2 Å². The van der Waals surface area contributed by atoms with Gasteiger partial charge in [0, 0.05) is 22.2 Å². The van der Waals surface area contributed by atoms with Crippen LogP contribution in [0.3, 0.4) is 0 Å². The van der Waals surface area contributed by atoms with Gasteiger partial charge in [0.1, 0.15) is 15.5 Å². The summed E-state index contributed by atoms with van der Waals surface area (Å²) in [5.41, 5.74) is 9.08. The van der Waals surface area contributed by atoms with Crippen molar-refractivity contribution in [1.29, 1.82) is 0 Å². The van der Waals surface area contributed by atoms with Gasteiger partial charge in [-0.3, -0.25) is 4.79 Å². The van der Waals surface area contributed by atoms with Gasteiger partial charge < -0.3 is 15.8 Å². The molecule has 1 aromatic carbocycles. The molecule has 1 amide bonds. The number of ether oxygens (including phenoxy) is 1. The number of pyridine rings is 1. The maximum absolute atomic E-state index is 12.7. The fourth-order valence-corrected chi connectivity index (χ4v) is 3.86. The van der Waals surface area contributed by atoms with E-state index in [1.165, 1.54) is 18.4 Å². The van der Waals surface area contributed by atoms with Gasteiger partial charge in [-0.15, -0.1) is 11.3 Å². The largest absolute Gasteiger partial charge is 0.495 e. The van der Waals surface area contributed by atoms with Crippen LogP contribution in [-0.4, -0.2) is 18.0 Å². The molecule has 0 saturated heterocycles. The lowest BCUT2D eigenvalue weighted by Gasteiger charge is -2.10. The van der Waals surface area contributed by atoms with Crippen LogP contribution in [0.2, 0.25) is 5.02 Å². The van der Waals surface area contributed by atoms with Crippen LogP contribution in [0.5, 0.6) is 5.75 Å². The number of nitrogen functional groups attached to an aromatic ring is 1. The average molecular weight is 362 g/mol. The van der Waals surface area contributed by atoms with E-state index in [9.17, 15) is 4.79 Å². The van der Waals surface area contributed by atoms with Gasteiger partial charge in [0.25, 0.3) is 5.91 Å². The second-order valence-electron chi connectivity index (χ2n) is 5.40. The van der Waals surface area contributed by atoms with Crippen LogP contribution in [0, 0.1) is 13.8 Å². The number of hydrogen-bond donors (Lipinski definition) is 2. The molecule has 3 rings (SSSR count). The van der Waals surface area contributed by atoms with E-state index in [1.807, 2.05) is 19.9 Å². The molecule has 124 valence electrons. The number of nitrogens with one attached hydrogen (secondary N) is 1. The van der Waals surface area contributed by atoms with Crippen molar-refractivity contribution in [2.24, 2.45) is 0 Å². The summed E-state index contributed by atoms with van der Waals surface area (Å²) in [5.74, 6) is 0.189. The maximum Gasteiger partial charge on any atom is 0.268 e. The Hall–Kier alpha value is -2.31. The van der Waals surface area contributed by atoms with Gasteiger partial charge in [-0.2, -0.15) is 0 Å². The first kappa shape index (κ1) is 16.5. The Morgan fingerprint density at radius 3 is 2.79 bits per heavy atom. The molecule has 3 N–H and O–H groups in total. The molecular formula is C17H16ClN3O2S. The van der Waals surface area contributed by atoms with Crippen LogP contribution in [0.15, 0.2) is 24.3 Å². The van der Waals surface area contributed by atoms with Crippen molar-refractivity contribution >= 4 is 50.4 Å². The Morgan fingerprint density at radius 2 is 2.08 bits per heavy atom. The van der Waals surface area contributed by atoms with Gasteiger partial charge in [-0.25, -0.2) is 4.98 Å². The molecule has 0 saturated carbocycles. The van der Waals surface area contributed by atoms with Crippen LogP contribution in [-0.2, 0) is 0 Å². The molecule has 0 radical (unpaired) electrons. The van der Waals surface area contributed by atoms with Gasteiger partial charge in [0.05, 0.1) is 18.5 Å². The summed E-state index contributed by atoms with van der Waals surface area (Å²) in [7, 11) is 1.52. The number of nitrogens with zero attached hydrogens (tertiary/aromatic N) is 1. The van der Waals surface area contributed by atoms with E-state index in [0.29, 0.717) is 27.0 Å². The van der Waals surface area contributed by atoms with Gasteiger partial charge in [0.15, 0.2) is 0 Å². The smallest absolute Gasteiger partial charge is 0.268 e. The summed E-state index contributed by atoms with van der Waals surface area (Å²) < 4.78 is 5.25. The van der Waals surface area contributed by atoms with Crippen molar-refractivity contribution in [2.75, 3.05) is 18.2 Å². The summed E-state index contributed by atoms with van der Waals surface area (Å²) in [6.07, 6.45) is 0. The highest BCUT2D eigenvalue weighted by Crippen LogP contribution is 2.36. The molecule has 3 aromatic rings. The summed E-state index contributed by atoms with van der Waals surface area (Å²) in [6.45, 7) is 3.88. The molecule has 5 nitrogen and oxygen atoms in total. The summed E-state index contributed by atoms with van der Waals surface area (Å²) >= 11 is 7.22. The number of carbonyl (C=O) groups is 1. The van der Waals surface area contributed by atoms with Crippen molar-refractivity contribution in [3.8, 4) is 5.75 Å². The quantitative estimate of drug-likeness (QED) is 0.724. The van der Waals surface area contributed by atoms with Crippen molar-refractivity contribution in [1.82, 2.24) is 4.98 Å². The van der Waals surface area contributed by atoms with E-state index in [-0.39, 0.29) is 5.91 Å². The summed E-state index contributed by atoms with van der Waals surface area (Å²) in [4.78, 5) is 18.3. The molecule has 24 heavy (non-hydrogen) atoms. The van der Waals surface area contributed by atoms with Gasteiger partial charge >= 0.3 is 0 Å². The number of fused-ring (bicyclic) bond motifs is 1. The highest BCUT2D eigenvalue weighted by Gasteiger charge is 2.20. The Labute approximate surface area is 148 Å². The number of amides is 1. The molecule has 0 unspecified atom stereocenters. The Balaban J connectivity index is 2.01. The topological polar surface area (TPSA) is 77.2 Å². The van der Waals surface area contributed by atoms with Crippen LogP contribution >= 0.6 is 22.9 Å². The lowest BCUT2D eigenvalue weighted by molar-refractivity contribution is 0.103. The number of halogens is 1. The SMILES string of the molecule is COc1cc(Cl)ccc1NC(=O)c1sc2nc(C)cc(C)c2c1N. The molecule has 0 spiro atoms. The van der Waals surface area contributed by atoms with Crippen molar-refractivity contribution < 1.29 is 9.53 Å². The van der Waals surface area contributed by atoms with E-state index in [4.69, 9.17) is 22.1 Å². The highest BCUT2D eigenvalue weighted by molar-refractivity contribution is 7.21. The molecule has 0 aliphatic rings. The van der Waals surface area contributed by atoms with E-state index in [0.717, 1.165) is 21.5 Å². The fourth-order valence-electron chi connectivity index (χ4n) is 2.59. The second-order valence-corrected chi connectivity index (χ2v) is 6.84. The summed E-state index contributed by atoms with van der Waals surface area (Å²) in [6, 6.07) is 6.97. The zero-order valence-electron chi connectivity index (χ0n) is 13.4. The number of anilines is 2. The normalized spacial score (nSPS) is 10.8. The standard InChI is InChI=1S/C17H16ClN3O2S/c1-8-6-9(2)20-17-13(8)14(19)15(24-17)16(22)21-11-5-4-10(18)7-12(11)23-3/h4-7H,19H2,1-3H3,(H,21,22). The molecule has 0 aliphatic heterocycles. The first-order chi connectivity index (χ1) is 11.4. The lowest BCUT2D eigenvalue weighted by Crippen LogP contribution is -2.12. The minimum Gasteiger partial charge on any atom is -0.495 e. The zero-order chi connectivity index (χ0) is 17.4. The van der Waals surface area contributed by atoms with Crippen molar-refractivity contribution in [3.63, 3.8) is 0 Å². The van der Waals surface area contributed by atoms with E-state index in [2.05, 4.69) is 10.3 Å². The number of rotatable bonds is 3. The van der Waals surface area contributed by atoms with Crippen molar-refractivity contribution in [2.45, 2.75) is 13.8 Å². The number of carbonyl (C=O) groups excluding carboxylic acids is 1. The van der Waals surface area contributed by atoms with Crippen LogP contribution in [0.25, 0.3) is 10.2 Å². The molecule has 2 heterocycles. The Morgan fingerprint density at radius 1 is 1.33 bits per heavy atom. The number of aromatic nitrogens is 1. The molecule has 7 heteroatoms. The number of methoxy groups -OCH3 is 1. The van der Waals surface area contributed by atoms with E-state index < -0.39 is 0 Å². The highest BCUT2D eigenvalue weighted by atomic mass is 35.5. The first-order valence-electron chi connectivity index (χ1n) is 7.21. The predicted octanol–water partition coefficient (Wildman–Crippen LogP) is 4.41. The molecule has 2 aromatic heterocycles. The van der Waals surface area contributed by atoms with Crippen molar-refractivity contribution in [3.05, 3.63) is 45.4 Å². The predicted molar refractivity (Wildman–Crippen MR) is 99.5 cm³/mol. The fraction of sp³-hybridized carbons (Fsp3) is 0.176. The second kappa shape index (κ2) is 6.30. The third kappa shape index (κ3) is 2.90. The number of aryl methyl sites for hydroxylation is 2. The average Bonchev–Trinajstić information content (AvgIpc) is 2.85. The third-order valence-corrected chi connectivity index (χ3v) is 4.98. The van der Waals surface area contributed by atoms with Crippen LogP contribution in [0.4, 0.5) is 11.4 Å². The maximum atomic E-state index is 12.7. The summed E-state index contributed by atoms with van der Waals surface area (Å²) in [5, 5.41) is 4.18. The first-order valence-corrected chi connectivity index (χ1v) is 8.41. The third-order valence-electron chi connectivity index (χ3n) is 3.64. The Bertz CT molecular complexity index is 953. The molecule has 0 bridgehead atoms. The number of nitrogens with two attached hydrogens (primary N) is 1. The lowest BCUT2D eigenvalue weighted by atomic mass is 10.1.